The first-order chi connectivity index (χ1) is 8.90. The molecule has 6 nitrogen and oxygen atoms in total. The van der Waals surface area contributed by atoms with Crippen molar-refractivity contribution in [2.45, 2.75) is 12.7 Å². The first kappa shape index (κ1) is 14.5. The number of ether oxygens (including phenoxy) is 1. The van der Waals surface area contributed by atoms with Crippen LogP contribution in [0.25, 0.3) is 0 Å². The molecule has 19 heavy (non-hydrogen) atoms. The standard InChI is InChI=1S/C11H7F2NO5/c12-11(13)19-9-6(4-15)1-5(3-14)2-7(9)8(16)10(17)18/h1-2,4,8,11,16H,(H,17,18). The lowest BCUT2D eigenvalue weighted by Gasteiger charge is -2.15. The number of aldehydes is 1. The molecule has 8 heteroatoms. The summed E-state index contributed by atoms with van der Waals surface area (Å²) in [5.41, 5.74) is -1.21. The third kappa shape index (κ3) is 3.23. The SMILES string of the molecule is N#Cc1cc(C=O)c(OC(F)F)c(C(O)C(=O)O)c1. The smallest absolute Gasteiger partial charge is 0.387 e. The second-order valence-electron chi connectivity index (χ2n) is 3.33. The van der Waals surface area contributed by atoms with Crippen molar-refractivity contribution in [3.8, 4) is 11.8 Å². The molecular formula is C11H7F2NO5. The van der Waals surface area contributed by atoms with E-state index in [1.165, 1.54) is 0 Å². The lowest BCUT2D eigenvalue weighted by molar-refractivity contribution is -0.147. The van der Waals surface area contributed by atoms with Gasteiger partial charge in [-0.3, -0.25) is 4.79 Å². The van der Waals surface area contributed by atoms with Gasteiger partial charge in [0.25, 0.3) is 0 Å². The van der Waals surface area contributed by atoms with Gasteiger partial charge in [-0.05, 0) is 12.1 Å². The van der Waals surface area contributed by atoms with Crippen LogP contribution in [0.15, 0.2) is 12.1 Å². The van der Waals surface area contributed by atoms with Crippen LogP contribution >= 0.6 is 0 Å². The van der Waals surface area contributed by atoms with E-state index in [-0.39, 0.29) is 11.8 Å². The number of nitrogens with zero attached hydrogens (tertiary/aromatic N) is 1. The quantitative estimate of drug-likeness (QED) is 0.776. The number of benzene rings is 1. The van der Waals surface area contributed by atoms with E-state index in [0.29, 0.717) is 0 Å². The zero-order chi connectivity index (χ0) is 14.6. The number of carboxylic acids is 1. The zero-order valence-corrected chi connectivity index (χ0v) is 9.21. The van der Waals surface area contributed by atoms with Crippen LogP contribution in [0.2, 0.25) is 0 Å². The van der Waals surface area contributed by atoms with E-state index in [9.17, 15) is 23.5 Å². The Balaban J connectivity index is 3.50. The molecule has 1 rings (SSSR count). The van der Waals surface area contributed by atoms with Crippen molar-refractivity contribution in [1.29, 1.82) is 5.26 Å². The predicted octanol–water partition coefficient (Wildman–Crippen LogP) is 1.09. The second kappa shape index (κ2) is 5.88. The number of aliphatic carboxylic acids is 1. The van der Waals surface area contributed by atoms with E-state index in [2.05, 4.69) is 4.74 Å². The highest BCUT2D eigenvalue weighted by atomic mass is 19.3. The fraction of sp³-hybridized carbons (Fsp3) is 0.182. The zero-order valence-electron chi connectivity index (χ0n) is 9.21. The van der Waals surface area contributed by atoms with Crippen molar-refractivity contribution in [3.05, 3.63) is 28.8 Å². The highest BCUT2D eigenvalue weighted by Gasteiger charge is 2.25. The normalized spacial score (nSPS) is 11.7. The Hall–Kier alpha value is -2.53. The van der Waals surface area contributed by atoms with Crippen LogP contribution in [0.1, 0.15) is 27.6 Å². The molecule has 0 bridgehead atoms. The largest absolute Gasteiger partial charge is 0.479 e. The highest BCUT2D eigenvalue weighted by molar-refractivity contribution is 5.84. The van der Waals surface area contributed by atoms with Crippen LogP contribution in [0.3, 0.4) is 0 Å². The van der Waals surface area contributed by atoms with Crippen LogP contribution in [0.4, 0.5) is 8.78 Å². The maximum absolute atomic E-state index is 12.2. The molecule has 0 aromatic heterocycles. The summed E-state index contributed by atoms with van der Waals surface area (Å²) in [6.45, 7) is -3.31. The van der Waals surface area contributed by atoms with Gasteiger partial charge in [0.2, 0.25) is 0 Å². The Morgan fingerprint density at radius 3 is 2.53 bits per heavy atom. The third-order valence-corrected chi connectivity index (χ3v) is 2.14. The minimum absolute atomic E-state index is 0.122. The first-order valence-electron chi connectivity index (χ1n) is 4.79. The molecule has 0 heterocycles. The van der Waals surface area contributed by atoms with Crippen LogP contribution in [0, 0.1) is 11.3 Å². The number of halogens is 2. The number of aliphatic hydroxyl groups is 1. The van der Waals surface area contributed by atoms with Gasteiger partial charge in [-0.15, -0.1) is 0 Å². The summed E-state index contributed by atoms with van der Waals surface area (Å²) in [5, 5.41) is 26.7. The summed E-state index contributed by atoms with van der Waals surface area (Å²) in [7, 11) is 0. The van der Waals surface area contributed by atoms with Gasteiger partial charge in [0, 0.05) is 5.56 Å². The predicted molar refractivity (Wildman–Crippen MR) is 55.8 cm³/mol. The highest BCUT2D eigenvalue weighted by Crippen LogP contribution is 2.31. The summed E-state index contributed by atoms with van der Waals surface area (Å²) >= 11 is 0. The molecule has 0 aliphatic rings. The summed E-state index contributed by atoms with van der Waals surface area (Å²) in [6.07, 6.45) is -2.07. The molecule has 100 valence electrons. The molecule has 0 saturated heterocycles. The summed E-state index contributed by atoms with van der Waals surface area (Å²) < 4.78 is 28.5. The van der Waals surface area contributed by atoms with Gasteiger partial charge >= 0.3 is 12.6 Å². The van der Waals surface area contributed by atoms with E-state index >= 15 is 0 Å². The summed E-state index contributed by atoms with van der Waals surface area (Å²) in [4.78, 5) is 21.4. The number of hydrogen-bond acceptors (Lipinski definition) is 5. The Kier molecular flexibility index (Phi) is 4.50. The Labute approximate surface area is 105 Å². The Morgan fingerprint density at radius 2 is 2.11 bits per heavy atom. The topological polar surface area (TPSA) is 108 Å². The molecule has 2 N–H and O–H groups in total. The van der Waals surface area contributed by atoms with Gasteiger partial charge in [-0.2, -0.15) is 14.0 Å². The Bertz CT molecular complexity index is 553. The van der Waals surface area contributed by atoms with Gasteiger partial charge < -0.3 is 14.9 Å². The second-order valence-corrected chi connectivity index (χ2v) is 3.33. The molecule has 1 aromatic carbocycles. The van der Waals surface area contributed by atoms with E-state index in [0.717, 1.165) is 12.1 Å². The average Bonchev–Trinajstić information content (AvgIpc) is 2.37. The number of carbonyl (C=O) groups excluding carboxylic acids is 1. The lowest BCUT2D eigenvalue weighted by atomic mass is 10.0. The molecule has 0 amide bonds. The molecule has 0 spiro atoms. The van der Waals surface area contributed by atoms with E-state index in [4.69, 9.17) is 10.4 Å². The number of carbonyl (C=O) groups is 2. The van der Waals surface area contributed by atoms with Crippen molar-refractivity contribution in [3.63, 3.8) is 0 Å². The van der Waals surface area contributed by atoms with Gasteiger partial charge in [-0.25, -0.2) is 4.79 Å². The minimum atomic E-state index is -3.31. The van der Waals surface area contributed by atoms with Crippen molar-refractivity contribution >= 4 is 12.3 Å². The van der Waals surface area contributed by atoms with Crippen molar-refractivity contribution in [2.75, 3.05) is 0 Å². The van der Waals surface area contributed by atoms with Crippen molar-refractivity contribution < 1.29 is 33.3 Å². The van der Waals surface area contributed by atoms with Gasteiger partial charge in [0.05, 0.1) is 17.2 Å². The number of nitriles is 1. The molecule has 0 fully saturated rings. The maximum atomic E-state index is 12.2. The van der Waals surface area contributed by atoms with E-state index in [1.807, 2.05) is 0 Å². The molecule has 1 unspecified atom stereocenters. The van der Waals surface area contributed by atoms with E-state index < -0.39 is 35.6 Å². The molecule has 0 aliphatic heterocycles. The maximum Gasteiger partial charge on any atom is 0.387 e. The molecule has 1 aromatic rings. The van der Waals surface area contributed by atoms with E-state index in [1.54, 1.807) is 6.07 Å². The summed E-state index contributed by atoms with van der Waals surface area (Å²) in [6, 6.07) is 3.42. The fourth-order valence-corrected chi connectivity index (χ4v) is 1.39. The molecule has 0 aliphatic carbocycles. The average molecular weight is 271 g/mol. The van der Waals surface area contributed by atoms with Crippen LogP contribution in [0.5, 0.6) is 5.75 Å². The van der Waals surface area contributed by atoms with Gasteiger partial charge in [-0.1, -0.05) is 0 Å². The number of hydrogen-bond donors (Lipinski definition) is 2. The van der Waals surface area contributed by atoms with Crippen LogP contribution in [-0.4, -0.2) is 29.1 Å². The molecule has 0 radical (unpaired) electrons. The summed E-state index contributed by atoms with van der Waals surface area (Å²) in [5.74, 6) is -2.50. The number of carboxylic acid groups (broad SMARTS) is 1. The minimum Gasteiger partial charge on any atom is -0.479 e. The van der Waals surface area contributed by atoms with Gasteiger partial charge in [0.1, 0.15) is 5.75 Å². The van der Waals surface area contributed by atoms with Crippen LogP contribution < -0.4 is 4.74 Å². The van der Waals surface area contributed by atoms with Crippen LogP contribution in [-0.2, 0) is 4.79 Å². The monoisotopic (exact) mass is 271 g/mol. The number of rotatable bonds is 5. The molecular weight excluding hydrogens is 264 g/mol. The fourth-order valence-electron chi connectivity index (χ4n) is 1.39. The first-order valence-corrected chi connectivity index (χ1v) is 4.79. The Morgan fingerprint density at radius 1 is 1.47 bits per heavy atom. The number of aliphatic hydroxyl groups excluding tert-OH is 1. The van der Waals surface area contributed by atoms with Gasteiger partial charge in [0.15, 0.2) is 12.4 Å². The van der Waals surface area contributed by atoms with Crippen molar-refractivity contribution in [1.82, 2.24) is 0 Å². The molecule has 1 atom stereocenters. The van der Waals surface area contributed by atoms with Crippen molar-refractivity contribution in [2.24, 2.45) is 0 Å². The third-order valence-electron chi connectivity index (χ3n) is 2.14. The lowest BCUT2D eigenvalue weighted by Crippen LogP contribution is -2.15. The molecule has 0 saturated carbocycles. The number of alkyl halides is 2.